The number of oxazole rings is 1. The van der Waals surface area contributed by atoms with E-state index in [1.807, 2.05) is 23.1 Å². The topological polar surface area (TPSA) is 109 Å². The predicted octanol–water partition coefficient (Wildman–Crippen LogP) is 8.18. The number of carbonyl (C=O) groups is 1. The molecule has 0 atom stereocenters. The zero-order chi connectivity index (χ0) is 31.2. The summed E-state index contributed by atoms with van der Waals surface area (Å²) in [5.74, 6) is 0.688. The van der Waals surface area contributed by atoms with E-state index in [0.717, 1.165) is 23.3 Å². The highest BCUT2D eigenvalue weighted by Crippen LogP contribution is 2.53. The first-order valence-electron chi connectivity index (χ1n) is 13.5. The van der Waals surface area contributed by atoms with Crippen molar-refractivity contribution in [1.82, 2.24) is 4.98 Å². The number of fused-ring (bicyclic) bond motifs is 2. The number of para-hydroxylation sites is 2. The molecule has 0 saturated carbocycles. The van der Waals surface area contributed by atoms with Crippen LogP contribution in [0.25, 0.3) is 22.6 Å². The van der Waals surface area contributed by atoms with Crippen molar-refractivity contribution in [3.63, 3.8) is 0 Å². The molecule has 0 aliphatic carbocycles. The molecule has 1 aliphatic rings. The van der Waals surface area contributed by atoms with Crippen molar-refractivity contribution in [2.24, 2.45) is 0 Å². The Kier molecular flexibility index (Phi) is 6.99. The number of alkyl halides is 3. The summed E-state index contributed by atoms with van der Waals surface area (Å²) in [4.78, 5) is 19.6. The lowest BCUT2D eigenvalue weighted by atomic mass is 9.83. The Labute approximate surface area is 249 Å². The van der Waals surface area contributed by atoms with Crippen LogP contribution >= 0.6 is 0 Å². The summed E-state index contributed by atoms with van der Waals surface area (Å²) in [6.07, 6.45) is -4.81. The average molecular weight is 605 g/mol. The maximum absolute atomic E-state index is 12.9. The monoisotopic (exact) mass is 604 g/mol. The first-order valence-corrected chi connectivity index (χ1v) is 13.5. The van der Waals surface area contributed by atoms with Gasteiger partial charge in [0.05, 0.1) is 24.2 Å². The highest BCUT2D eigenvalue weighted by Gasteiger charge is 2.41. The van der Waals surface area contributed by atoms with Crippen LogP contribution < -0.4 is 25.0 Å². The van der Waals surface area contributed by atoms with Gasteiger partial charge in [-0.05, 0) is 66.2 Å². The van der Waals surface area contributed by atoms with Gasteiger partial charge in [0.25, 0.3) is 0 Å². The lowest BCUT2D eigenvalue weighted by Crippen LogP contribution is -2.27. The van der Waals surface area contributed by atoms with Crippen LogP contribution in [0.4, 0.5) is 40.7 Å². The number of hydrogen-bond donors (Lipinski definition) is 3. The van der Waals surface area contributed by atoms with E-state index in [1.54, 1.807) is 43.5 Å². The number of carbonyl (C=O) groups excluding carboxylic acids is 1. The molecule has 3 N–H and O–H groups in total. The van der Waals surface area contributed by atoms with Gasteiger partial charge in [0.1, 0.15) is 22.8 Å². The number of urea groups is 1. The number of amides is 2. The van der Waals surface area contributed by atoms with Crippen molar-refractivity contribution < 1.29 is 37.0 Å². The molecule has 0 spiro atoms. The molecule has 9 nitrogen and oxygen atoms in total. The second-order valence-electron chi connectivity index (χ2n) is 10.8. The van der Waals surface area contributed by atoms with Gasteiger partial charge in [0.2, 0.25) is 5.89 Å². The minimum atomic E-state index is -4.81. The van der Waals surface area contributed by atoms with E-state index in [4.69, 9.17) is 14.1 Å². The molecule has 1 aliphatic heterocycles. The van der Waals surface area contributed by atoms with Crippen molar-refractivity contribution in [2.45, 2.75) is 25.6 Å². The normalized spacial score (nSPS) is 13.9. The quantitative estimate of drug-likeness (QED) is 0.179. The van der Waals surface area contributed by atoms with E-state index < -0.39 is 23.6 Å². The average Bonchev–Trinajstić information content (AvgIpc) is 3.52. The first kappa shape index (κ1) is 28.7. The number of aromatic hydroxyl groups is 1. The van der Waals surface area contributed by atoms with Crippen molar-refractivity contribution in [2.75, 3.05) is 29.2 Å². The van der Waals surface area contributed by atoms with Crippen molar-refractivity contribution in [1.29, 1.82) is 0 Å². The number of halogens is 3. The number of nitrogens with one attached hydrogen (secondary N) is 2. The van der Waals surface area contributed by atoms with Crippen LogP contribution in [-0.2, 0) is 5.41 Å². The zero-order valence-corrected chi connectivity index (χ0v) is 23.8. The molecule has 44 heavy (non-hydrogen) atoms. The van der Waals surface area contributed by atoms with E-state index in [9.17, 15) is 23.1 Å². The number of rotatable bonds is 6. The summed E-state index contributed by atoms with van der Waals surface area (Å²) >= 11 is 0. The van der Waals surface area contributed by atoms with E-state index in [0.29, 0.717) is 46.3 Å². The van der Waals surface area contributed by atoms with Crippen LogP contribution in [0, 0.1) is 0 Å². The predicted molar refractivity (Wildman–Crippen MR) is 160 cm³/mol. The summed E-state index contributed by atoms with van der Waals surface area (Å²) in [6.45, 7) is 4.56. The lowest BCUT2D eigenvalue weighted by molar-refractivity contribution is -0.274. The molecule has 0 fully saturated rings. The van der Waals surface area contributed by atoms with Gasteiger partial charge in [0.15, 0.2) is 5.58 Å². The minimum absolute atomic E-state index is 0.0486. The Bertz CT molecular complexity index is 1870. The fourth-order valence-electron chi connectivity index (χ4n) is 5.46. The third-order valence-corrected chi connectivity index (χ3v) is 7.27. The number of methoxy groups -OCH3 is 1. The fraction of sp³-hybridized carbons (Fsp3) is 0.188. The smallest absolute Gasteiger partial charge is 0.506 e. The number of benzene rings is 4. The molecule has 2 heterocycles. The van der Waals surface area contributed by atoms with E-state index in [2.05, 4.69) is 29.2 Å². The highest BCUT2D eigenvalue weighted by atomic mass is 19.4. The number of anilines is 4. The van der Waals surface area contributed by atoms with Crippen LogP contribution in [0.3, 0.4) is 0 Å². The molecule has 226 valence electrons. The maximum Gasteiger partial charge on any atom is 0.573 e. The van der Waals surface area contributed by atoms with Gasteiger partial charge >= 0.3 is 12.4 Å². The number of nitrogens with zero attached hydrogens (tertiary/aromatic N) is 2. The molecule has 5 aromatic rings. The molecule has 0 radical (unpaired) electrons. The van der Waals surface area contributed by atoms with Gasteiger partial charge in [-0.2, -0.15) is 0 Å². The molecule has 0 bridgehead atoms. The van der Waals surface area contributed by atoms with Gasteiger partial charge in [-0.15, -0.1) is 13.2 Å². The summed E-state index contributed by atoms with van der Waals surface area (Å²) in [5, 5.41) is 16.6. The number of aromatic nitrogens is 1. The van der Waals surface area contributed by atoms with Crippen molar-refractivity contribution in [3.05, 3.63) is 84.4 Å². The lowest BCUT2D eigenvalue weighted by Gasteiger charge is -2.25. The van der Waals surface area contributed by atoms with Gasteiger partial charge in [-0.1, -0.05) is 26.0 Å². The van der Waals surface area contributed by atoms with Crippen molar-refractivity contribution >= 4 is 39.9 Å². The van der Waals surface area contributed by atoms with Gasteiger partial charge < -0.3 is 34.5 Å². The molecule has 2 amide bonds. The Hall–Kier alpha value is -5.39. The van der Waals surface area contributed by atoms with Crippen molar-refractivity contribution in [3.8, 4) is 28.7 Å². The van der Waals surface area contributed by atoms with Crippen LogP contribution in [0.15, 0.2) is 83.3 Å². The molecule has 0 unspecified atom stereocenters. The second-order valence-corrected chi connectivity index (χ2v) is 10.8. The van der Waals surface area contributed by atoms with Gasteiger partial charge in [-0.3, -0.25) is 0 Å². The molecule has 0 saturated heterocycles. The van der Waals surface area contributed by atoms with Crippen LogP contribution in [-0.4, -0.2) is 36.1 Å². The van der Waals surface area contributed by atoms with Crippen LogP contribution in [0.5, 0.6) is 17.2 Å². The number of ether oxygens (including phenoxy) is 2. The summed E-state index contributed by atoms with van der Waals surface area (Å²) in [6, 6.07) is 20.1. The van der Waals surface area contributed by atoms with Gasteiger partial charge in [0, 0.05) is 29.3 Å². The number of phenolic OH excluding ortho intramolecular Hbond substituents is 1. The van der Waals surface area contributed by atoms with E-state index >= 15 is 0 Å². The van der Waals surface area contributed by atoms with E-state index in [-0.39, 0.29) is 11.4 Å². The largest absolute Gasteiger partial charge is 0.573 e. The zero-order valence-electron chi connectivity index (χ0n) is 23.8. The third-order valence-electron chi connectivity index (χ3n) is 7.27. The second kappa shape index (κ2) is 10.7. The Morgan fingerprint density at radius 2 is 1.73 bits per heavy atom. The maximum atomic E-state index is 12.9. The number of hydrogen-bond acceptors (Lipinski definition) is 7. The molecule has 6 rings (SSSR count). The van der Waals surface area contributed by atoms with Crippen LogP contribution in [0.1, 0.15) is 19.4 Å². The standard InChI is InChI=1S/C32H27F3N4O5/c1-31(2)17-39(28-25(40)15-13-21(27(28)31)29-37-23-14-12-20(42-3)16-26(23)43-29)24-7-5-4-6-22(24)38-30(41)36-18-8-10-19(11-9-18)44-32(33,34)35/h4-16,40H,17H2,1-3H3,(H2,36,38,41). The third kappa shape index (κ3) is 5.53. The minimum Gasteiger partial charge on any atom is -0.506 e. The van der Waals surface area contributed by atoms with Gasteiger partial charge in [-0.25, -0.2) is 9.78 Å². The Balaban J connectivity index is 1.31. The SMILES string of the molecule is COc1ccc2nc(-c3ccc(O)c4c3C(C)(C)CN4c3ccccc3NC(=O)Nc3ccc(OC(F)(F)F)cc3)oc2c1. The van der Waals surface area contributed by atoms with E-state index in [1.165, 1.54) is 12.1 Å². The molecule has 1 aromatic heterocycles. The molecular formula is C32H27F3N4O5. The highest BCUT2D eigenvalue weighted by molar-refractivity contribution is 6.03. The molecule has 12 heteroatoms. The summed E-state index contributed by atoms with van der Waals surface area (Å²) in [7, 11) is 1.58. The Morgan fingerprint density at radius 1 is 1.00 bits per heavy atom. The van der Waals surface area contributed by atoms with Crippen LogP contribution in [0.2, 0.25) is 0 Å². The Morgan fingerprint density at radius 3 is 2.45 bits per heavy atom. The number of phenols is 1. The first-order chi connectivity index (χ1) is 20.9. The summed E-state index contributed by atoms with van der Waals surface area (Å²) in [5.41, 5.74) is 4.20. The molecule has 4 aromatic carbocycles. The fourth-order valence-corrected chi connectivity index (χ4v) is 5.46. The summed E-state index contributed by atoms with van der Waals surface area (Å²) < 4.78 is 52.7. The molecular weight excluding hydrogens is 577 g/mol.